The number of aromatic nitrogens is 4. The summed E-state index contributed by atoms with van der Waals surface area (Å²) in [6, 6.07) is 13.2. The number of benzene rings is 1. The van der Waals surface area contributed by atoms with Gasteiger partial charge >= 0.3 is 0 Å². The van der Waals surface area contributed by atoms with Gasteiger partial charge in [0.1, 0.15) is 17.2 Å². The van der Waals surface area contributed by atoms with E-state index in [-0.39, 0.29) is 11.8 Å². The van der Waals surface area contributed by atoms with Crippen LogP contribution < -0.4 is 0 Å². The fourth-order valence-electron chi connectivity index (χ4n) is 3.76. The van der Waals surface area contributed by atoms with E-state index in [0.29, 0.717) is 6.54 Å². The topological polar surface area (TPSA) is 94.0 Å². The Morgan fingerprint density at radius 1 is 1.22 bits per heavy atom. The molecule has 0 amide bonds. The number of hydrogen-bond donors (Lipinski definition) is 3. The Hall–Kier alpha value is -3.32. The highest BCUT2D eigenvalue weighted by Gasteiger charge is 2.31. The van der Waals surface area contributed by atoms with Crippen LogP contribution in [0.5, 0.6) is 5.75 Å². The summed E-state index contributed by atoms with van der Waals surface area (Å²) < 4.78 is 6.02. The number of phenols is 1. The van der Waals surface area contributed by atoms with Crippen LogP contribution in [0, 0.1) is 0 Å². The van der Waals surface area contributed by atoms with E-state index < -0.39 is 0 Å². The van der Waals surface area contributed by atoms with Crippen molar-refractivity contribution in [2.24, 2.45) is 0 Å². The van der Waals surface area contributed by atoms with Crippen molar-refractivity contribution in [1.82, 2.24) is 25.1 Å². The molecule has 5 rings (SSSR count). The van der Waals surface area contributed by atoms with Gasteiger partial charge in [-0.1, -0.05) is 12.1 Å². The Balaban J connectivity index is 1.47. The predicted octanol–water partition coefficient (Wildman–Crippen LogP) is 3.25. The van der Waals surface area contributed by atoms with Crippen molar-refractivity contribution in [3.63, 3.8) is 0 Å². The number of nitrogens with zero attached hydrogens (tertiary/aromatic N) is 3. The van der Waals surface area contributed by atoms with Crippen LogP contribution in [0.1, 0.15) is 28.8 Å². The van der Waals surface area contributed by atoms with E-state index in [9.17, 15) is 5.11 Å². The highest BCUT2D eigenvalue weighted by molar-refractivity contribution is 5.51. The molecule has 1 atom stereocenters. The maximum absolute atomic E-state index is 9.95. The van der Waals surface area contributed by atoms with E-state index in [2.05, 4.69) is 25.1 Å². The lowest BCUT2D eigenvalue weighted by Crippen LogP contribution is -2.35. The van der Waals surface area contributed by atoms with Crippen LogP contribution in [0.3, 0.4) is 0 Å². The standard InChI is InChI=1S/C20H19N5O2/c26-14-3-1-2-13(10-14)20-19-17(21-12-22-19)7-9-25(20)11-15-4-5-18(27-15)16-6-8-23-24-16/h1-6,8,10,12,20,26H,7,9,11H2,(H,21,22)(H,23,24). The molecule has 0 fully saturated rings. The van der Waals surface area contributed by atoms with Gasteiger partial charge in [0.2, 0.25) is 0 Å². The zero-order valence-electron chi connectivity index (χ0n) is 14.6. The zero-order chi connectivity index (χ0) is 18.2. The van der Waals surface area contributed by atoms with Crippen LogP contribution in [0.25, 0.3) is 11.5 Å². The maximum Gasteiger partial charge on any atom is 0.152 e. The average Bonchev–Trinajstić information content (AvgIpc) is 3.42. The van der Waals surface area contributed by atoms with Crippen molar-refractivity contribution >= 4 is 0 Å². The maximum atomic E-state index is 9.95. The lowest BCUT2D eigenvalue weighted by atomic mass is 9.95. The first-order valence-corrected chi connectivity index (χ1v) is 8.91. The first-order chi connectivity index (χ1) is 13.3. The summed E-state index contributed by atoms with van der Waals surface area (Å²) >= 11 is 0. The highest BCUT2D eigenvalue weighted by atomic mass is 16.3. The Labute approximate surface area is 155 Å². The molecule has 3 N–H and O–H groups in total. The fraction of sp³-hybridized carbons (Fsp3) is 0.200. The van der Waals surface area contributed by atoms with E-state index in [0.717, 1.165) is 47.1 Å². The number of aromatic hydroxyl groups is 1. The Morgan fingerprint density at radius 2 is 2.19 bits per heavy atom. The molecule has 1 aliphatic rings. The Kier molecular flexibility index (Phi) is 3.79. The minimum absolute atomic E-state index is 0.0344. The molecular weight excluding hydrogens is 342 g/mol. The number of imidazole rings is 1. The second-order valence-electron chi connectivity index (χ2n) is 6.72. The minimum Gasteiger partial charge on any atom is -0.508 e. The van der Waals surface area contributed by atoms with Gasteiger partial charge in [-0.05, 0) is 35.9 Å². The van der Waals surface area contributed by atoms with Gasteiger partial charge in [-0.2, -0.15) is 5.10 Å². The molecule has 0 saturated heterocycles. The zero-order valence-corrected chi connectivity index (χ0v) is 14.6. The highest BCUT2D eigenvalue weighted by Crippen LogP contribution is 2.36. The molecule has 0 aliphatic carbocycles. The van der Waals surface area contributed by atoms with Crippen molar-refractivity contribution in [2.75, 3.05) is 6.54 Å². The Bertz CT molecular complexity index is 1050. The van der Waals surface area contributed by atoms with Gasteiger partial charge in [0.05, 0.1) is 24.6 Å². The summed E-state index contributed by atoms with van der Waals surface area (Å²) in [5, 5.41) is 16.8. The summed E-state index contributed by atoms with van der Waals surface area (Å²) in [5.41, 5.74) is 4.03. The monoisotopic (exact) mass is 361 g/mol. The molecule has 0 radical (unpaired) electrons. The van der Waals surface area contributed by atoms with Gasteiger partial charge < -0.3 is 14.5 Å². The molecule has 27 heavy (non-hydrogen) atoms. The average molecular weight is 361 g/mol. The van der Waals surface area contributed by atoms with Gasteiger partial charge in [0.25, 0.3) is 0 Å². The quantitative estimate of drug-likeness (QED) is 0.519. The number of phenolic OH excluding ortho intramolecular Hbond substituents is 1. The largest absolute Gasteiger partial charge is 0.508 e. The second-order valence-corrected chi connectivity index (χ2v) is 6.72. The molecule has 4 heterocycles. The van der Waals surface area contributed by atoms with Crippen LogP contribution in [0.15, 0.2) is 59.4 Å². The number of fused-ring (bicyclic) bond motifs is 1. The molecule has 0 bridgehead atoms. The molecule has 4 aromatic rings. The van der Waals surface area contributed by atoms with Gasteiger partial charge in [-0.3, -0.25) is 10.00 Å². The molecule has 1 aliphatic heterocycles. The molecule has 3 aromatic heterocycles. The summed E-state index contributed by atoms with van der Waals surface area (Å²) in [7, 11) is 0. The van der Waals surface area contributed by atoms with Crippen LogP contribution in [-0.2, 0) is 13.0 Å². The van der Waals surface area contributed by atoms with Gasteiger partial charge in [-0.15, -0.1) is 0 Å². The van der Waals surface area contributed by atoms with E-state index in [1.807, 2.05) is 30.3 Å². The molecule has 0 saturated carbocycles. The van der Waals surface area contributed by atoms with Crippen LogP contribution in [0.2, 0.25) is 0 Å². The van der Waals surface area contributed by atoms with Gasteiger partial charge in [0.15, 0.2) is 5.76 Å². The minimum atomic E-state index is -0.0344. The molecule has 0 spiro atoms. The number of hydrogen-bond acceptors (Lipinski definition) is 5. The fourth-order valence-corrected chi connectivity index (χ4v) is 3.76. The third-order valence-corrected chi connectivity index (χ3v) is 5.00. The van der Waals surface area contributed by atoms with E-state index in [4.69, 9.17) is 4.42 Å². The molecule has 136 valence electrons. The van der Waals surface area contributed by atoms with Crippen molar-refractivity contribution in [3.05, 3.63) is 77.7 Å². The third kappa shape index (κ3) is 2.92. The van der Waals surface area contributed by atoms with E-state index in [1.54, 1.807) is 24.7 Å². The number of furan rings is 1. The van der Waals surface area contributed by atoms with Crippen molar-refractivity contribution in [2.45, 2.75) is 19.0 Å². The molecular formula is C20H19N5O2. The van der Waals surface area contributed by atoms with Crippen molar-refractivity contribution < 1.29 is 9.52 Å². The van der Waals surface area contributed by atoms with Crippen molar-refractivity contribution in [1.29, 1.82) is 0 Å². The summed E-state index contributed by atoms with van der Waals surface area (Å²) in [6.45, 7) is 1.52. The molecule has 1 aromatic carbocycles. The first kappa shape index (κ1) is 15.9. The molecule has 1 unspecified atom stereocenters. The van der Waals surface area contributed by atoms with E-state index >= 15 is 0 Å². The summed E-state index contributed by atoms with van der Waals surface area (Å²) in [4.78, 5) is 10.1. The lowest BCUT2D eigenvalue weighted by molar-refractivity contribution is 0.185. The van der Waals surface area contributed by atoms with E-state index in [1.165, 1.54) is 0 Å². The smallest absolute Gasteiger partial charge is 0.152 e. The summed E-state index contributed by atoms with van der Waals surface area (Å²) in [6.07, 6.45) is 4.35. The predicted molar refractivity (Wildman–Crippen MR) is 98.9 cm³/mol. The first-order valence-electron chi connectivity index (χ1n) is 8.91. The van der Waals surface area contributed by atoms with Crippen LogP contribution >= 0.6 is 0 Å². The number of nitrogens with one attached hydrogen (secondary N) is 2. The summed E-state index contributed by atoms with van der Waals surface area (Å²) in [5.74, 6) is 1.91. The molecule has 7 nitrogen and oxygen atoms in total. The van der Waals surface area contributed by atoms with Crippen LogP contribution in [-0.4, -0.2) is 36.7 Å². The van der Waals surface area contributed by atoms with Gasteiger partial charge in [-0.25, -0.2) is 4.98 Å². The third-order valence-electron chi connectivity index (χ3n) is 5.00. The number of H-pyrrole nitrogens is 2. The van der Waals surface area contributed by atoms with Crippen molar-refractivity contribution in [3.8, 4) is 17.2 Å². The lowest BCUT2D eigenvalue weighted by Gasteiger charge is -2.34. The Morgan fingerprint density at radius 3 is 3.04 bits per heavy atom. The van der Waals surface area contributed by atoms with Crippen LogP contribution in [0.4, 0.5) is 0 Å². The number of aromatic amines is 2. The normalized spacial score (nSPS) is 17.1. The molecule has 7 heteroatoms. The second kappa shape index (κ2) is 6.44. The number of rotatable bonds is 4. The van der Waals surface area contributed by atoms with Gasteiger partial charge in [0, 0.05) is 24.9 Å². The SMILES string of the molecule is Oc1cccc(C2c3nc[nH]c3CCN2Cc2ccc(-c3ccn[nH]3)o2)c1.